The fourth-order valence-corrected chi connectivity index (χ4v) is 3.98. The molecule has 1 aliphatic heterocycles. The largest absolute Gasteiger partial charge is 0.364 e. The summed E-state index contributed by atoms with van der Waals surface area (Å²) in [6.45, 7) is 3.01. The molecule has 0 aliphatic carbocycles. The first-order valence-electron chi connectivity index (χ1n) is 9.31. The molecule has 0 bridgehead atoms. The van der Waals surface area contributed by atoms with E-state index in [4.69, 9.17) is 10.2 Å². The Balaban J connectivity index is 1.46. The summed E-state index contributed by atoms with van der Waals surface area (Å²) in [6, 6.07) is 4.61. The molecule has 5 heterocycles. The van der Waals surface area contributed by atoms with E-state index in [1.54, 1.807) is 6.20 Å². The van der Waals surface area contributed by atoms with Gasteiger partial charge in [0.05, 0.1) is 35.8 Å². The minimum Gasteiger partial charge on any atom is -0.364 e. The quantitative estimate of drug-likeness (QED) is 0.565. The fourth-order valence-electron chi connectivity index (χ4n) is 3.98. The number of H-pyrrole nitrogens is 1. The molecule has 0 saturated carbocycles. The fraction of sp³-hybridized carbons (Fsp3) is 0.316. The lowest BCUT2D eigenvalue weighted by Gasteiger charge is -2.24. The number of hydrogen-bond donors (Lipinski definition) is 2. The molecule has 4 aromatic rings. The van der Waals surface area contributed by atoms with Crippen LogP contribution in [0.15, 0.2) is 37.1 Å². The van der Waals surface area contributed by atoms with Gasteiger partial charge in [-0.25, -0.2) is 19.9 Å². The Kier molecular flexibility index (Phi) is 3.83. The summed E-state index contributed by atoms with van der Waals surface area (Å²) in [6.07, 6.45) is 10.7. The molecule has 0 amide bonds. The number of fused-ring (bicyclic) bond motifs is 3. The Hall–Kier alpha value is -3.67. The van der Waals surface area contributed by atoms with Crippen molar-refractivity contribution in [2.45, 2.75) is 31.8 Å². The van der Waals surface area contributed by atoms with E-state index in [2.05, 4.69) is 41.5 Å². The third-order valence-electron chi connectivity index (χ3n) is 5.30. The number of rotatable bonds is 4. The van der Waals surface area contributed by atoms with Gasteiger partial charge in [0.1, 0.15) is 11.9 Å². The van der Waals surface area contributed by atoms with E-state index in [0.717, 1.165) is 42.0 Å². The maximum Gasteiger partial charge on any atom is 0.211 e. The summed E-state index contributed by atoms with van der Waals surface area (Å²) in [5.74, 6) is 1.62. The van der Waals surface area contributed by atoms with Crippen LogP contribution < -0.4 is 10.2 Å². The molecule has 28 heavy (non-hydrogen) atoms. The lowest BCUT2D eigenvalue weighted by atomic mass is 10.1. The summed E-state index contributed by atoms with van der Waals surface area (Å²) in [4.78, 5) is 23.1. The molecule has 2 atom stereocenters. The number of aromatic amines is 1. The lowest BCUT2D eigenvalue weighted by molar-refractivity contribution is 0.625. The Bertz CT molecular complexity index is 1170. The van der Waals surface area contributed by atoms with Crippen LogP contribution in [0, 0.1) is 11.3 Å². The highest BCUT2D eigenvalue weighted by Crippen LogP contribution is 2.30. The second-order valence-electron chi connectivity index (χ2n) is 6.98. The molecular formula is C19H19N9. The van der Waals surface area contributed by atoms with Gasteiger partial charge in [-0.15, -0.1) is 0 Å². The first kappa shape index (κ1) is 16.5. The molecular weight excluding hydrogens is 354 g/mol. The van der Waals surface area contributed by atoms with Gasteiger partial charge in [-0.05, 0) is 18.9 Å². The number of hydrogen-bond acceptors (Lipinski definition) is 7. The van der Waals surface area contributed by atoms with Crippen molar-refractivity contribution in [2.24, 2.45) is 0 Å². The van der Waals surface area contributed by atoms with Crippen molar-refractivity contribution in [2.75, 3.05) is 16.8 Å². The van der Waals surface area contributed by atoms with Gasteiger partial charge < -0.3 is 15.2 Å². The maximum absolute atomic E-state index is 8.87. The van der Waals surface area contributed by atoms with Gasteiger partial charge in [0.25, 0.3) is 0 Å². The van der Waals surface area contributed by atoms with Crippen LogP contribution in [0.4, 0.5) is 11.8 Å². The highest BCUT2D eigenvalue weighted by Gasteiger charge is 2.33. The number of anilines is 2. The molecule has 140 valence electrons. The third-order valence-corrected chi connectivity index (χ3v) is 5.30. The minimum atomic E-state index is 0.225. The second kappa shape index (κ2) is 6.49. The zero-order chi connectivity index (χ0) is 19.1. The normalized spacial score (nSPS) is 19.4. The maximum atomic E-state index is 8.87. The monoisotopic (exact) mass is 373 g/mol. The van der Waals surface area contributed by atoms with Gasteiger partial charge in [0.2, 0.25) is 5.95 Å². The van der Waals surface area contributed by atoms with Gasteiger partial charge in [0.15, 0.2) is 11.3 Å². The molecule has 1 fully saturated rings. The SMILES string of the molecule is CC[C@@H]1C[C@H](Nc2cnc(C#N)cn2)CN1c1ncc2cnc3[nH]ccc3n12. The van der Waals surface area contributed by atoms with Crippen LogP contribution in [-0.2, 0) is 0 Å². The van der Waals surface area contributed by atoms with Crippen molar-refractivity contribution in [1.82, 2.24) is 29.3 Å². The van der Waals surface area contributed by atoms with Crippen molar-refractivity contribution < 1.29 is 0 Å². The molecule has 4 aromatic heterocycles. The molecule has 0 radical (unpaired) electrons. The Morgan fingerprint density at radius 2 is 2.11 bits per heavy atom. The first-order chi connectivity index (χ1) is 13.8. The van der Waals surface area contributed by atoms with E-state index in [9.17, 15) is 0 Å². The average Bonchev–Trinajstić information content (AvgIpc) is 3.45. The summed E-state index contributed by atoms with van der Waals surface area (Å²) in [7, 11) is 0. The van der Waals surface area contributed by atoms with Gasteiger partial charge in [0, 0.05) is 24.8 Å². The van der Waals surface area contributed by atoms with Crippen molar-refractivity contribution >= 4 is 28.4 Å². The number of imidazole rings is 1. The van der Waals surface area contributed by atoms with Crippen molar-refractivity contribution in [1.29, 1.82) is 5.26 Å². The van der Waals surface area contributed by atoms with Crippen LogP contribution in [-0.4, -0.2) is 47.9 Å². The molecule has 9 nitrogen and oxygen atoms in total. The molecule has 1 saturated heterocycles. The van der Waals surface area contributed by atoms with E-state index in [0.29, 0.717) is 17.6 Å². The predicted octanol–water partition coefficient (Wildman–Crippen LogP) is 2.34. The molecule has 0 unspecified atom stereocenters. The van der Waals surface area contributed by atoms with Gasteiger partial charge in [-0.2, -0.15) is 5.26 Å². The zero-order valence-corrected chi connectivity index (χ0v) is 15.4. The molecule has 0 spiro atoms. The molecule has 0 aromatic carbocycles. The minimum absolute atomic E-state index is 0.225. The topological polar surface area (TPSA) is 111 Å². The second-order valence-corrected chi connectivity index (χ2v) is 6.98. The zero-order valence-electron chi connectivity index (χ0n) is 15.4. The van der Waals surface area contributed by atoms with E-state index in [1.807, 2.05) is 30.7 Å². The molecule has 2 N–H and O–H groups in total. The number of aromatic nitrogens is 6. The highest BCUT2D eigenvalue weighted by atomic mass is 15.3. The summed E-state index contributed by atoms with van der Waals surface area (Å²) >= 11 is 0. The van der Waals surface area contributed by atoms with E-state index < -0.39 is 0 Å². The van der Waals surface area contributed by atoms with Crippen molar-refractivity contribution in [3.63, 3.8) is 0 Å². The number of nitrogens with one attached hydrogen (secondary N) is 2. The Morgan fingerprint density at radius 1 is 1.21 bits per heavy atom. The van der Waals surface area contributed by atoms with Gasteiger partial charge >= 0.3 is 0 Å². The summed E-state index contributed by atoms with van der Waals surface area (Å²) in [5.41, 5.74) is 3.17. The third kappa shape index (κ3) is 2.62. The van der Waals surface area contributed by atoms with Crippen LogP contribution in [0.2, 0.25) is 0 Å². The predicted molar refractivity (Wildman–Crippen MR) is 105 cm³/mol. The Morgan fingerprint density at radius 3 is 2.89 bits per heavy atom. The number of nitrogens with zero attached hydrogens (tertiary/aromatic N) is 7. The summed E-state index contributed by atoms with van der Waals surface area (Å²) in [5, 5.41) is 12.3. The molecule has 5 rings (SSSR count). The standard InChI is InChI=1S/C19H19N9/c1-2-14-5-12(26-17-10-22-13(6-20)7-23-17)11-27(14)19-25-9-15-8-24-18-16(28(15)19)3-4-21-18/h3-4,7-10,12,14,21H,2,5,11H2,1H3,(H,23,26)/t12-,14+/m0/s1. The van der Waals surface area contributed by atoms with Crippen molar-refractivity contribution in [3.8, 4) is 6.07 Å². The van der Waals surface area contributed by atoms with Crippen LogP contribution in [0.3, 0.4) is 0 Å². The van der Waals surface area contributed by atoms with Gasteiger partial charge in [-0.3, -0.25) is 4.40 Å². The van der Waals surface area contributed by atoms with Crippen LogP contribution in [0.1, 0.15) is 25.5 Å². The smallest absolute Gasteiger partial charge is 0.211 e. The first-order valence-corrected chi connectivity index (χ1v) is 9.31. The summed E-state index contributed by atoms with van der Waals surface area (Å²) < 4.78 is 2.16. The van der Waals surface area contributed by atoms with E-state index in [-0.39, 0.29) is 6.04 Å². The average molecular weight is 373 g/mol. The van der Waals surface area contributed by atoms with Crippen LogP contribution >= 0.6 is 0 Å². The molecule has 9 heteroatoms. The number of nitriles is 1. The van der Waals surface area contributed by atoms with E-state index in [1.165, 1.54) is 6.20 Å². The lowest BCUT2D eigenvalue weighted by Crippen LogP contribution is -2.31. The van der Waals surface area contributed by atoms with Crippen LogP contribution in [0.25, 0.3) is 16.7 Å². The van der Waals surface area contributed by atoms with Gasteiger partial charge in [-0.1, -0.05) is 6.92 Å². The van der Waals surface area contributed by atoms with E-state index >= 15 is 0 Å². The Labute approximate surface area is 161 Å². The molecule has 1 aliphatic rings. The highest BCUT2D eigenvalue weighted by molar-refractivity contribution is 5.77. The van der Waals surface area contributed by atoms with Crippen LogP contribution in [0.5, 0.6) is 0 Å². The van der Waals surface area contributed by atoms with Crippen molar-refractivity contribution in [3.05, 3.63) is 42.7 Å².